The third-order valence-corrected chi connectivity index (χ3v) is 3.95. The van der Waals surface area contributed by atoms with Crippen LogP contribution in [-0.2, 0) is 14.3 Å². The molecule has 0 atom stereocenters. The molecule has 7 heteroatoms. The van der Waals surface area contributed by atoms with Gasteiger partial charge in [0.05, 0.1) is 10.0 Å². The number of halogens is 2. The lowest BCUT2D eigenvalue weighted by Gasteiger charge is -2.06. The number of amides is 1. The summed E-state index contributed by atoms with van der Waals surface area (Å²) >= 11 is 11.7. The first-order chi connectivity index (χ1) is 13.0. The fourth-order valence-electron chi connectivity index (χ4n) is 1.95. The van der Waals surface area contributed by atoms with Crippen molar-refractivity contribution in [3.8, 4) is 5.75 Å². The molecule has 1 amide bonds. The van der Waals surface area contributed by atoms with Crippen molar-refractivity contribution in [2.45, 2.75) is 0 Å². The summed E-state index contributed by atoms with van der Waals surface area (Å²) in [6.07, 6.45) is 4.48. The number of esters is 1. The molecule has 0 aliphatic rings. The molecule has 0 aromatic heterocycles. The minimum atomic E-state index is -0.633. The molecular formula is C20H17Cl2NO4. The van der Waals surface area contributed by atoms with Crippen LogP contribution in [0, 0.1) is 0 Å². The highest BCUT2D eigenvalue weighted by Gasteiger charge is 2.07. The Morgan fingerprint density at radius 2 is 1.81 bits per heavy atom. The van der Waals surface area contributed by atoms with Crippen molar-refractivity contribution in [2.75, 3.05) is 18.5 Å². The molecule has 5 nitrogen and oxygen atoms in total. The molecule has 140 valence electrons. The maximum Gasteiger partial charge on any atom is 0.331 e. The molecule has 0 aliphatic heterocycles. The Morgan fingerprint density at radius 3 is 2.48 bits per heavy atom. The fourth-order valence-corrected chi connectivity index (χ4v) is 2.25. The standard InChI is InChI=1S/C20H17Cl2NO4/c1-2-11-26-16-7-3-14(4-8-16)5-10-20(25)27-13-19(24)23-15-6-9-17(21)18(22)12-15/h2-10,12H,1,11,13H2,(H,23,24)/b10-5+. The molecule has 2 aromatic rings. The number of ether oxygens (including phenoxy) is 2. The Bertz CT molecular complexity index is 848. The van der Waals surface area contributed by atoms with Crippen LogP contribution in [-0.4, -0.2) is 25.1 Å². The molecule has 2 aromatic carbocycles. The second-order valence-corrected chi connectivity index (χ2v) is 6.10. The van der Waals surface area contributed by atoms with E-state index in [1.165, 1.54) is 12.1 Å². The van der Waals surface area contributed by atoms with Crippen molar-refractivity contribution in [2.24, 2.45) is 0 Å². The third-order valence-electron chi connectivity index (χ3n) is 3.21. The highest BCUT2D eigenvalue weighted by atomic mass is 35.5. The molecule has 0 spiro atoms. The van der Waals surface area contributed by atoms with Crippen LogP contribution in [0.4, 0.5) is 5.69 Å². The second-order valence-electron chi connectivity index (χ2n) is 5.29. The molecule has 0 heterocycles. The molecule has 2 rings (SSSR count). The molecule has 1 N–H and O–H groups in total. The molecule has 0 unspecified atom stereocenters. The summed E-state index contributed by atoms with van der Waals surface area (Å²) in [6, 6.07) is 11.8. The van der Waals surface area contributed by atoms with Gasteiger partial charge in [-0.25, -0.2) is 4.79 Å². The minimum absolute atomic E-state index is 0.315. The van der Waals surface area contributed by atoms with E-state index in [9.17, 15) is 9.59 Å². The van der Waals surface area contributed by atoms with E-state index >= 15 is 0 Å². The normalized spacial score (nSPS) is 10.4. The average molecular weight is 406 g/mol. The van der Waals surface area contributed by atoms with Gasteiger partial charge in [-0.05, 0) is 42.0 Å². The number of anilines is 1. The van der Waals surface area contributed by atoms with Gasteiger partial charge in [-0.3, -0.25) is 4.79 Å². The quantitative estimate of drug-likeness (QED) is 0.390. The van der Waals surface area contributed by atoms with Crippen molar-refractivity contribution in [1.82, 2.24) is 0 Å². The Morgan fingerprint density at radius 1 is 1.07 bits per heavy atom. The lowest BCUT2D eigenvalue weighted by Crippen LogP contribution is -2.20. The van der Waals surface area contributed by atoms with Gasteiger partial charge in [0.25, 0.3) is 5.91 Å². The van der Waals surface area contributed by atoms with Crippen LogP contribution in [0.25, 0.3) is 6.08 Å². The smallest absolute Gasteiger partial charge is 0.331 e. The van der Waals surface area contributed by atoms with Crippen LogP contribution in [0.3, 0.4) is 0 Å². The SMILES string of the molecule is C=CCOc1ccc(/C=C/C(=O)OCC(=O)Nc2ccc(Cl)c(Cl)c2)cc1. The number of carbonyl (C=O) groups is 2. The van der Waals surface area contributed by atoms with Gasteiger partial charge in [-0.1, -0.05) is 48.0 Å². The number of hydrogen-bond acceptors (Lipinski definition) is 4. The van der Waals surface area contributed by atoms with Gasteiger partial charge in [0.1, 0.15) is 12.4 Å². The number of hydrogen-bond donors (Lipinski definition) is 1. The molecule has 0 bridgehead atoms. The van der Waals surface area contributed by atoms with E-state index in [4.69, 9.17) is 32.7 Å². The highest BCUT2D eigenvalue weighted by molar-refractivity contribution is 6.42. The van der Waals surface area contributed by atoms with Crippen molar-refractivity contribution in [3.05, 3.63) is 76.8 Å². The van der Waals surface area contributed by atoms with E-state index in [2.05, 4.69) is 11.9 Å². The zero-order chi connectivity index (χ0) is 19.6. The van der Waals surface area contributed by atoms with Crippen molar-refractivity contribution >= 4 is 46.8 Å². The van der Waals surface area contributed by atoms with E-state index in [0.29, 0.717) is 28.1 Å². The summed E-state index contributed by atoms with van der Waals surface area (Å²) in [4.78, 5) is 23.5. The summed E-state index contributed by atoms with van der Waals surface area (Å²) in [5.74, 6) is -0.418. The summed E-state index contributed by atoms with van der Waals surface area (Å²) in [5.41, 5.74) is 1.25. The summed E-state index contributed by atoms with van der Waals surface area (Å²) in [6.45, 7) is 3.58. The molecule has 0 aliphatic carbocycles. The molecule has 0 saturated heterocycles. The van der Waals surface area contributed by atoms with Gasteiger partial charge in [0.15, 0.2) is 6.61 Å². The van der Waals surface area contributed by atoms with Crippen LogP contribution >= 0.6 is 23.2 Å². The van der Waals surface area contributed by atoms with E-state index in [1.807, 2.05) is 0 Å². The highest BCUT2D eigenvalue weighted by Crippen LogP contribution is 2.24. The van der Waals surface area contributed by atoms with Gasteiger partial charge in [-0.15, -0.1) is 0 Å². The van der Waals surface area contributed by atoms with Gasteiger partial charge >= 0.3 is 5.97 Å². The van der Waals surface area contributed by atoms with Gasteiger partial charge in [0, 0.05) is 11.8 Å². The Hall–Kier alpha value is -2.76. The summed E-state index contributed by atoms with van der Waals surface area (Å²) in [5, 5.41) is 3.25. The minimum Gasteiger partial charge on any atom is -0.490 e. The first kappa shape index (κ1) is 20.6. The van der Waals surface area contributed by atoms with E-state index < -0.39 is 18.5 Å². The number of rotatable bonds is 8. The van der Waals surface area contributed by atoms with Crippen molar-refractivity contribution < 1.29 is 19.1 Å². The van der Waals surface area contributed by atoms with Crippen molar-refractivity contribution in [1.29, 1.82) is 0 Å². The van der Waals surface area contributed by atoms with Crippen LogP contribution in [0.2, 0.25) is 10.0 Å². The van der Waals surface area contributed by atoms with Crippen molar-refractivity contribution in [3.63, 3.8) is 0 Å². The molecule has 0 saturated carbocycles. The number of benzene rings is 2. The molecule has 0 radical (unpaired) electrons. The predicted octanol–water partition coefficient (Wildman–Crippen LogP) is 4.75. The maximum atomic E-state index is 11.8. The molecular weight excluding hydrogens is 389 g/mol. The largest absolute Gasteiger partial charge is 0.490 e. The van der Waals surface area contributed by atoms with Crippen LogP contribution < -0.4 is 10.1 Å². The predicted molar refractivity (Wildman–Crippen MR) is 107 cm³/mol. The first-order valence-electron chi connectivity index (χ1n) is 7.91. The van der Waals surface area contributed by atoms with E-state index in [-0.39, 0.29) is 0 Å². The number of nitrogens with one attached hydrogen (secondary N) is 1. The Labute approximate surface area is 167 Å². The van der Waals surface area contributed by atoms with E-state index in [0.717, 1.165) is 5.56 Å². The molecule has 0 fully saturated rings. The lowest BCUT2D eigenvalue weighted by molar-refractivity contribution is -0.142. The summed E-state index contributed by atoms with van der Waals surface area (Å²) in [7, 11) is 0. The zero-order valence-corrected chi connectivity index (χ0v) is 15.8. The zero-order valence-electron chi connectivity index (χ0n) is 14.3. The lowest BCUT2D eigenvalue weighted by atomic mass is 10.2. The molecule has 27 heavy (non-hydrogen) atoms. The van der Waals surface area contributed by atoms with Crippen LogP contribution in [0.5, 0.6) is 5.75 Å². The number of carbonyl (C=O) groups excluding carboxylic acids is 2. The Balaban J connectivity index is 1.79. The fraction of sp³-hybridized carbons (Fsp3) is 0.100. The van der Waals surface area contributed by atoms with Gasteiger partial charge < -0.3 is 14.8 Å². The third kappa shape index (κ3) is 7.17. The maximum absolute atomic E-state index is 11.8. The topological polar surface area (TPSA) is 64.6 Å². The van der Waals surface area contributed by atoms with E-state index in [1.54, 1.807) is 48.6 Å². The first-order valence-corrected chi connectivity index (χ1v) is 8.67. The average Bonchev–Trinajstić information content (AvgIpc) is 2.67. The second kappa shape index (κ2) is 10.4. The Kier molecular flexibility index (Phi) is 7.92. The van der Waals surface area contributed by atoms with Gasteiger partial charge in [-0.2, -0.15) is 0 Å². The monoisotopic (exact) mass is 405 g/mol. The van der Waals surface area contributed by atoms with Gasteiger partial charge in [0.2, 0.25) is 0 Å². The summed E-state index contributed by atoms with van der Waals surface area (Å²) < 4.78 is 10.3. The van der Waals surface area contributed by atoms with Crippen LogP contribution in [0.1, 0.15) is 5.56 Å². The van der Waals surface area contributed by atoms with Crippen LogP contribution in [0.15, 0.2) is 61.2 Å².